The number of methoxy groups -OCH3 is 1. The Labute approximate surface area is 117 Å². The van der Waals surface area contributed by atoms with Gasteiger partial charge in [-0.1, -0.05) is 25.0 Å². The second-order valence-corrected chi connectivity index (χ2v) is 6.12. The Bertz CT molecular complexity index is 363. The Balaban J connectivity index is 2.11. The summed E-state index contributed by atoms with van der Waals surface area (Å²) in [6.45, 7) is 0. The molecule has 3 heteroatoms. The van der Waals surface area contributed by atoms with Crippen molar-refractivity contribution in [1.29, 1.82) is 0 Å². The van der Waals surface area contributed by atoms with Gasteiger partial charge in [0.1, 0.15) is 0 Å². The second kappa shape index (κ2) is 5.67. The number of hydrogen-bond acceptors (Lipinski definition) is 2. The number of benzene rings is 1. The van der Waals surface area contributed by atoms with Crippen LogP contribution < -0.4 is 0 Å². The molecule has 1 aliphatic rings. The highest BCUT2D eigenvalue weighted by Gasteiger charge is 2.39. The van der Waals surface area contributed by atoms with Crippen LogP contribution in [-0.4, -0.2) is 23.9 Å². The van der Waals surface area contributed by atoms with Crippen LogP contribution in [0.1, 0.15) is 31.2 Å². The molecule has 2 atom stereocenters. The van der Waals surface area contributed by atoms with E-state index in [-0.39, 0.29) is 6.10 Å². The number of rotatable bonds is 3. The minimum atomic E-state index is -0.681. The molecule has 94 valence electrons. The summed E-state index contributed by atoms with van der Waals surface area (Å²) in [5.74, 6) is 0. The Kier molecular flexibility index (Phi) is 4.44. The molecule has 0 radical (unpaired) electrons. The molecular weight excluding hydrogens is 327 g/mol. The Hall–Kier alpha value is -0.130. The standard InChI is InChI=1S/C14H19IO2/c1-17-13-4-2-3-9-14(13,16)10-11-5-7-12(15)8-6-11/h5-8,13,16H,2-4,9-10H2,1H3. The Morgan fingerprint density at radius 1 is 1.35 bits per heavy atom. The summed E-state index contributed by atoms with van der Waals surface area (Å²) >= 11 is 2.30. The Morgan fingerprint density at radius 2 is 2.06 bits per heavy atom. The van der Waals surface area contributed by atoms with Crippen molar-refractivity contribution in [3.05, 3.63) is 33.4 Å². The zero-order chi connectivity index (χ0) is 12.3. The first-order valence-electron chi connectivity index (χ1n) is 6.14. The van der Waals surface area contributed by atoms with E-state index in [2.05, 4.69) is 46.9 Å². The van der Waals surface area contributed by atoms with Crippen molar-refractivity contribution in [1.82, 2.24) is 0 Å². The average molecular weight is 346 g/mol. The molecule has 0 amide bonds. The van der Waals surface area contributed by atoms with Crippen molar-refractivity contribution in [3.8, 4) is 0 Å². The van der Waals surface area contributed by atoms with Crippen LogP contribution in [0.3, 0.4) is 0 Å². The monoisotopic (exact) mass is 346 g/mol. The van der Waals surface area contributed by atoms with Gasteiger partial charge in [-0.25, -0.2) is 0 Å². The van der Waals surface area contributed by atoms with Crippen LogP contribution in [0.5, 0.6) is 0 Å². The second-order valence-electron chi connectivity index (χ2n) is 4.88. The van der Waals surface area contributed by atoms with Gasteiger partial charge in [0.25, 0.3) is 0 Å². The molecule has 2 rings (SSSR count). The molecular formula is C14H19IO2. The van der Waals surface area contributed by atoms with Crippen molar-refractivity contribution in [3.63, 3.8) is 0 Å². The molecule has 0 aromatic heterocycles. The van der Waals surface area contributed by atoms with Gasteiger partial charge in [0, 0.05) is 17.1 Å². The first-order chi connectivity index (χ1) is 8.14. The molecule has 2 nitrogen and oxygen atoms in total. The fourth-order valence-electron chi connectivity index (χ4n) is 2.69. The van der Waals surface area contributed by atoms with Gasteiger partial charge in [-0.3, -0.25) is 0 Å². The molecule has 0 bridgehead atoms. The first-order valence-corrected chi connectivity index (χ1v) is 7.21. The lowest BCUT2D eigenvalue weighted by atomic mass is 9.78. The maximum absolute atomic E-state index is 10.7. The largest absolute Gasteiger partial charge is 0.387 e. The SMILES string of the molecule is COC1CCCCC1(O)Cc1ccc(I)cc1. The number of ether oxygens (including phenoxy) is 1. The molecule has 0 heterocycles. The maximum Gasteiger partial charge on any atom is 0.0948 e. The van der Waals surface area contributed by atoms with E-state index >= 15 is 0 Å². The van der Waals surface area contributed by atoms with Gasteiger partial charge >= 0.3 is 0 Å². The van der Waals surface area contributed by atoms with Gasteiger partial charge in [0.2, 0.25) is 0 Å². The van der Waals surface area contributed by atoms with E-state index in [1.54, 1.807) is 7.11 Å². The maximum atomic E-state index is 10.7. The van der Waals surface area contributed by atoms with Crippen LogP contribution in [-0.2, 0) is 11.2 Å². The molecule has 1 aliphatic carbocycles. The zero-order valence-corrected chi connectivity index (χ0v) is 12.3. The summed E-state index contributed by atoms with van der Waals surface area (Å²) < 4.78 is 6.68. The molecule has 1 N–H and O–H groups in total. The normalized spacial score (nSPS) is 29.2. The fourth-order valence-corrected chi connectivity index (χ4v) is 3.05. The van der Waals surface area contributed by atoms with E-state index in [1.165, 1.54) is 9.13 Å². The molecule has 0 spiro atoms. The van der Waals surface area contributed by atoms with Crippen molar-refractivity contribution in [2.75, 3.05) is 7.11 Å². The molecule has 2 unspecified atom stereocenters. The van der Waals surface area contributed by atoms with Crippen molar-refractivity contribution in [2.24, 2.45) is 0 Å². The van der Waals surface area contributed by atoms with Crippen LogP contribution in [0.4, 0.5) is 0 Å². The smallest absolute Gasteiger partial charge is 0.0948 e. The summed E-state index contributed by atoms with van der Waals surface area (Å²) in [5, 5.41) is 10.7. The lowest BCUT2D eigenvalue weighted by molar-refractivity contribution is -0.116. The molecule has 0 saturated heterocycles. The lowest BCUT2D eigenvalue weighted by Gasteiger charge is -2.39. The fraction of sp³-hybridized carbons (Fsp3) is 0.571. The minimum Gasteiger partial charge on any atom is -0.387 e. The van der Waals surface area contributed by atoms with Gasteiger partial charge in [-0.2, -0.15) is 0 Å². The van der Waals surface area contributed by atoms with Crippen LogP contribution in [0.15, 0.2) is 24.3 Å². The Morgan fingerprint density at radius 3 is 2.71 bits per heavy atom. The predicted molar refractivity (Wildman–Crippen MR) is 77.1 cm³/mol. The van der Waals surface area contributed by atoms with Crippen molar-refractivity contribution >= 4 is 22.6 Å². The number of hydrogen-bond donors (Lipinski definition) is 1. The highest BCUT2D eigenvalue weighted by molar-refractivity contribution is 14.1. The number of aliphatic hydroxyl groups is 1. The number of halogens is 1. The van der Waals surface area contributed by atoms with E-state index in [0.717, 1.165) is 25.7 Å². The average Bonchev–Trinajstić information content (AvgIpc) is 2.32. The first kappa shape index (κ1) is 13.3. The van der Waals surface area contributed by atoms with Gasteiger partial charge in [-0.05, 0) is 53.1 Å². The molecule has 1 fully saturated rings. The summed E-state index contributed by atoms with van der Waals surface area (Å²) in [7, 11) is 1.70. The van der Waals surface area contributed by atoms with Gasteiger partial charge < -0.3 is 9.84 Å². The third kappa shape index (κ3) is 3.20. The summed E-state index contributed by atoms with van der Waals surface area (Å²) in [6, 6.07) is 8.37. The van der Waals surface area contributed by atoms with E-state index in [0.29, 0.717) is 6.42 Å². The van der Waals surface area contributed by atoms with Gasteiger partial charge in [0.05, 0.1) is 11.7 Å². The van der Waals surface area contributed by atoms with Crippen LogP contribution in [0.2, 0.25) is 0 Å². The van der Waals surface area contributed by atoms with E-state index in [1.807, 2.05) is 0 Å². The predicted octanol–water partition coefficient (Wildman–Crippen LogP) is 3.15. The molecule has 0 aliphatic heterocycles. The van der Waals surface area contributed by atoms with Crippen LogP contribution >= 0.6 is 22.6 Å². The lowest BCUT2D eigenvalue weighted by Crippen LogP contribution is -2.47. The summed E-state index contributed by atoms with van der Waals surface area (Å²) in [5.41, 5.74) is 0.511. The van der Waals surface area contributed by atoms with Gasteiger partial charge in [0.15, 0.2) is 0 Å². The highest BCUT2D eigenvalue weighted by Crippen LogP contribution is 2.33. The van der Waals surface area contributed by atoms with E-state index in [9.17, 15) is 5.11 Å². The zero-order valence-electron chi connectivity index (χ0n) is 10.2. The third-order valence-electron chi connectivity index (χ3n) is 3.63. The minimum absolute atomic E-state index is 0.0180. The van der Waals surface area contributed by atoms with E-state index in [4.69, 9.17) is 4.74 Å². The van der Waals surface area contributed by atoms with Gasteiger partial charge in [-0.15, -0.1) is 0 Å². The van der Waals surface area contributed by atoms with Crippen LogP contribution in [0, 0.1) is 3.57 Å². The molecule has 1 aromatic carbocycles. The van der Waals surface area contributed by atoms with E-state index < -0.39 is 5.60 Å². The summed E-state index contributed by atoms with van der Waals surface area (Å²) in [6.07, 6.45) is 4.75. The quantitative estimate of drug-likeness (QED) is 0.852. The molecule has 1 saturated carbocycles. The summed E-state index contributed by atoms with van der Waals surface area (Å²) in [4.78, 5) is 0. The molecule has 17 heavy (non-hydrogen) atoms. The highest BCUT2D eigenvalue weighted by atomic mass is 127. The van der Waals surface area contributed by atoms with Crippen LogP contribution in [0.25, 0.3) is 0 Å². The molecule has 1 aromatic rings. The topological polar surface area (TPSA) is 29.5 Å². The van der Waals surface area contributed by atoms with Crippen molar-refractivity contribution < 1.29 is 9.84 Å². The third-order valence-corrected chi connectivity index (χ3v) is 4.35. The van der Waals surface area contributed by atoms with Crippen molar-refractivity contribution in [2.45, 2.75) is 43.8 Å².